The Morgan fingerprint density at radius 2 is 0.707 bits per heavy atom. The smallest absolute Gasteiger partial charge is 0.220 e. The Kier molecular flexibility index (Phi) is 49.2. The molecule has 0 saturated carbocycles. The number of allylic oxidation sites excluding steroid dienone is 4. The van der Waals surface area contributed by atoms with E-state index in [0.29, 0.717) is 12.8 Å². The number of amides is 1. The first-order valence-electron chi connectivity index (χ1n) is 26.5. The number of aliphatic hydroxyl groups excluding tert-OH is 2. The van der Waals surface area contributed by atoms with Crippen LogP contribution in [-0.4, -0.2) is 34.9 Å². The highest BCUT2D eigenvalue weighted by molar-refractivity contribution is 5.76. The van der Waals surface area contributed by atoms with E-state index in [1.54, 1.807) is 0 Å². The van der Waals surface area contributed by atoms with Crippen molar-refractivity contribution in [2.45, 2.75) is 309 Å². The topological polar surface area (TPSA) is 69.6 Å². The van der Waals surface area contributed by atoms with Crippen molar-refractivity contribution < 1.29 is 15.0 Å². The number of aliphatic hydroxyl groups is 2. The van der Waals surface area contributed by atoms with Gasteiger partial charge in [-0.25, -0.2) is 0 Å². The highest BCUT2D eigenvalue weighted by Gasteiger charge is 2.20. The first kappa shape index (κ1) is 56.9. The van der Waals surface area contributed by atoms with Crippen LogP contribution in [0, 0.1) is 0 Å². The fourth-order valence-corrected chi connectivity index (χ4v) is 8.39. The number of hydrogen-bond donors (Lipinski definition) is 3. The Morgan fingerprint density at radius 1 is 0.414 bits per heavy atom. The number of nitrogens with one attached hydrogen (secondary N) is 1. The van der Waals surface area contributed by atoms with E-state index < -0.39 is 12.1 Å². The van der Waals surface area contributed by atoms with Crippen molar-refractivity contribution in [3.05, 3.63) is 24.3 Å². The molecule has 0 aromatic carbocycles. The van der Waals surface area contributed by atoms with Gasteiger partial charge in [-0.05, 0) is 44.9 Å². The second kappa shape index (κ2) is 50.2. The third-order valence-electron chi connectivity index (χ3n) is 12.5. The van der Waals surface area contributed by atoms with Crippen molar-refractivity contribution in [3.63, 3.8) is 0 Å². The van der Waals surface area contributed by atoms with Crippen molar-refractivity contribution in [2.24, 2.45) is 0 Å². The van der Waals surface area contributed by atoms with Crippen LogP contribution in [0.1, 0.15) is 296 Å². The maximum Gasteiger partial charge on any atom is 0.220 e. The van der Waals surface area contributed by atoms with Crippen LogP contribution in [0.3, 0.4) is 0 Å². The summed E-state index contributed by atoms with van der Waals surface area (Å²) in [5.41, 5.74) is 0. The number of carbonyl (C=O) groups excluding carboxylic acids is 1. The first-order chi connectivity index (χ1) is 28.7. The third kappa shape index (κ3) is 45.9. The molecule has 4 nitrogen and oxygen atoms in total. The zero-order valence-electron chi connectivity index (χ0n) is 39.6. The molecule has 0 aromatic heterocycles. The summed E-state index contributed by atoms with van der Waals surface area (Å²) in [5, 5.41) is 23.2. The predicted octanol–water partition coefficient (Wildman–Crippen LogP) is 17.1. The van der Waals surface area contributed by atoms with Gasteiger partial charge in [-0.1, -0.05) is 269 Å². The minimum absolute atomic E-state index is 0.0267. The minimum atomic E-state index is -0.655. The molecule has 58 heavy (non-hydrogen) atoms. The van der Waals surface area contributed by atoms with E-state index in [1.165, 1.54) is 238 Å². The minimum Gasteiger partial charge on any atom is -0.394 e. The molecule has 0 spiro atoms. The van der Waals surface area contributed by atoms with Gasteiger partial charge in [0.25, 0.3) is 0 Å². The first-order valence-corrected chi connectivity index (χ1v) is 26.5. The molecule has 2 atom stereocenters. The summed E-state index contributed by atoms with van der Waals surface area (Å²) in [5.74, 6) is -0.0267. The van der Waals surface area contributed by atoms with Gasteiger partial charge in [0.05, 0.1) is 18.8 Å². The van der Waals surface area contributed by atoms with Crippen LogP contribution in [0.2, 0.25) is 0 Å². The van der Waals surface area contributed by atoms with Crippen molar-refractivity contribution in [1.82, 2.24) is 5.32 Å². The molecule has 0 fully saturated rings. The zero-order valence-corrected chi connectivity index (χ0v) is 39.6. The van der Waals surface area contributed by atoms with Crippen molar-refractivity contribution in [2.75, 3.05) is 6.61 Å². The van der Waals surface area contributed by atoms with Gasteiger partial charge in [0.15, 0.2) is 0 Å². The number of carbonyl (C=O) groups is 1. The highest BCUT2D eigenvalue weighted by Crippen LogP contribution is 2.17. The molecule has 0 aliphatic rings. The van der Waals surface area contributed by atoms with Crippen LogP contribution in [-0.2, 0) is 4.79 Å². The summed E-state index contributed by atoms with van der Waals surface area (Å²) in [7, 11) is 0. The summed E-state index contributed by atoms with van der Waals surface area (Å²) in [6, 6.07) is -0.532. The predicted molar refractivity (Wildman–Crippen MR) is 258 cm³/mol. The van der Waals surface area contributed by atoms with Crippen LogP contribution in [0.4, 0.5) is 0 Å². The fourth-order valence-electron chi connectivity index (χ4n) is 8.39. The Bertz CT molecular complexity index is 840. The summed E-state index contributed by atoms with van der Waals surface area (Å²) in [6.45, 7) is 4.36. The molecule has 3 N–H and O–H groups in total. The number of hydrogen-bond acceptors (Lipinski definition) is 3. The van der Waals surface area contributed by atoms with Gasteiger partial charge < -0.3 is 15.5 Å². The maximum atomic E-state index is 12.4. The molecule has 1 amide bonds. The number of unbranched alkanes of at least 4 members (excludes halogenated alkanes) is 38. The average molecular weight is 816 g/mol. The van der Waals surface area contributed by atoms with Crippen LogP contribution in [0.5, 0.6) is 0 Å². The summed E-state index contributed by atoms with van der Waals surface area (Å²) < 4.78 is 0. The SMILES string of the molecule is CCCCCCC/C=C\C/C=C\CCCCCCCCCCCCCCCCCCCCCCCC(=O)NC(CO)C(O)CCCCCCCCCCCCCCC. The molecule has 4 heteroatoms. The third-order valence-corrected chi connectivity index (χ3v) is 12.5. The lowest BCUT2D eigenvalue weighted by molar-refractivity contribution is -0.123. The molecule has 0 aliphatic heterocycles. The zero-order chi connectivity index (χ0) is 42.1. The van der Waals surface area contributed by atoms with E-state index in [-0.39, 0.29) is 12.5 Å². The van der Waals surface area contributed by atoms with Crippen molar-refractivity contribution in [1.29, 1.82) is 0 Å². The Labute approximate surface area is 364 Å². The molecule has 344 valence electrons. The molecule has 2 unspecified atom stereocenters. The van der Waals surface area contributed by atoms with Gasteiger partial charge in [0.2, 0.25) is 5.91 Å². The van der Waals surface area contributed by atoms with E-state index in [4.69, 9.17) is 0 Å². The van der Waals surface area contributed by atoms with Crippen LogP contribution in [0.25, 0.3) is 0 Å². The van der Waals surface area contributed by atoms with Crippen molar-refractivity contribution >= 4 is 5.91 Å². The quantitative estimate of drug-likeness (QED) is 0.0423. The van der Waals surface area contributed by atoms with Gasteiger partial charge in [-0.2, -0.15) is 0 Å². The monoisotopic (exact) mass is 816 g/mol. The van der Waals surface area contributed by atoms with E-state index in [9.17, 15) is 15.0 Å². The largest absolute Gasteiger partial charge is 0.394 e. The Balaban J connectivity index is 3.39. The van der Waals surface area contributed by atoms with Crippen LogP contribution in [0.15, 0.2) is 24.3 Å². The van der Waals surface area contributed by atoms with Gasteiger partial charge >= 0.3 is 0 Å². The normalized spacial score (nSPS) is 13.0. The lowest BCUT2D eigenvalue weighted by atomic mass is 10.0. The second-order valence-electron chi connectivity index (χ2n) is 18.3. The molecule has 0 heterocycles. The Hall–Kier alpha value is -1.13. The molecule has 0 aliphatic carbocycles. The highest BCUT2D eigenvalue weighted by atomic mass is 16.3. The van der Waals surface area contributed by atoms with Crippen LogP contribution < -0.4 is 5.32 Å². The number of rotatable bonds is 49. The van der Waals surface area contributed by atoms with Crippen molar-refractivity contribution in [3.8, 4) is 0 Å². The van der Waals surface area contributed by atoms with Gasteiger partial charge in [0.1, 0.15) is 0 Å². The molecule has 0 radical (unpaired) electrons. The summed E-state index contributed by atoms with van der Waals surface area (Å²) in [6.07, 6.45) is 65.9. The fraction of sp³-hybridized carbons (Fsp3) is 0.907. The van der Waals surface area contributed by atoms with E-state index in [2.05, 4.69) is 43.5 Å². The summed E-state index contributed by atoms with van der Waals surface area (Å²) in [4.78, 5) is 12.4. The average Bonchev–Trinajstić information content (AvgIpc) is 3.23. The van der Waals surface area contributed by atoms with Gasteiger partial charge in [0, 0.05) is 6.42 Å². The molecular weight excluding hydrogens is 711 g/mol. The van der Waals surface area contributed by atoms with Gasteiger partial charge in [-0.3, -0.25) is 4.79 Å². The lowest BCUT2D eigenvalue weighted by Crippen LogP contribution is -2.45. The van der Waals surface area contributed by atoms with E-state index >= 15 is 0 Å². The molecule has 0 rings (SSSR count). The van der Waals surface area contributed by atoms with Crippen LogP contribution >= 0.6 is 0 Å². The lowest BCUT2D eigenvalue weighted by Gasteiger charge is -2.22. The molecule has 0 aromatic rings. The van der Waals surface area contributed by atoms with E-state index in [0.717, 1.165) is 32.1 Å². The standard InChI is InChI=1S/C54H105NO3/c1-3-5-7-9-11-13-15-17-18-19-20-21-22-23-24-25-26-27-28-29-30-31-32-33-34-35-36-38-40-42-44-46-48-50-54(58)55-52(51-56)53(57)49-47-45-43-41-39-37-16-14-12-10-8-6-4-2/h15,17,19-20,52-53,56-57H,3-14,16,18,21-51H2,1-2H3,(H,55,58)/b17-15-,20-19-. The van der Waals surface area contributed by atoms with E-state index in [1.807, 2.05) is 0 Å². The molecule has 0 saturated heterocycles. The maximum absolute atomic E-state index is 12.4. The molecule has 0 bridgehead atoms. The second-order valence-corrected chi connectivity index (χ2v) is 18.3. The Morgan fingerprint density at radius 3 is 1.03 bits per heavy atom. The van der Waals surface area contributed by atoms with Gasteiger partial charge in [-0.15, -0.1) is 0 Å². The molecular formula is C54H105NO3. The summed E-state index contributed by atoms with van der Waals surface area (Å²) >= 11 is 0.